The van der Waals surface area contributed by atoms with Gasteiger partial charge in [-0.2, -0.15) is 0 Å². The van der Waals surface area contributed by atoms with Crippen molar-refractivity contribution >= 4 is 11.7 Å². The molecule has 0 spiro atoms. The van der Waals surface area contributed by atoms with Crippen molar-refractivity contribution in [2.24, 2.45) is 5.41 Å². The van der Waals surface area contributed by atoms with Crippen molar-refractivity contribution in [3.63, 3.8) is 0 Å². The van der Waals surface area contributed by atoms with Crippen LogP contribution in [0.3, 0.4) is 0 Å². The average Bonchev–Trinajstić information content (AvgIpc) is 3.04. The fraction of sp³-hybridized carbons (Fsp3) is 0.500. The van der Waals surface area contributed by atoms with E-state index in [1.165, 1.54) is 0 Å². The monoisotopic (exact) mass is 317 g/mol. The smallest absolute Gasteiger partial charge is 0.315 e. The zero-order valence-electron chi connectivity index (χ0n) is 14.2. The first-order chi connectivity index (χ1) is 10.9. The minimum absolute atomic E-state index is 0.245. The normalized spacial score (nSPS) is 15.6. The molecule has 0 fully saturated rings. The number of benzene rings is 1. The molecule has 23 heavy (non-hydrogen) atoms. The molecule has 0 radical (unpaired) electrons. The zero-order chi connectivity index (χ0) is 16.9. The molecule has 1 aromatic rings. The van der Waals surface area contributed by atoms with Gasteiger partial charge in [-0.1, -0.05) is 45.1 Å². The predicted molar refractivity (Wildman–Crippen MR) is 93.5 cm³/mol. The Balaban J connectivity index is 1.79. The summed E-state index contributed by atoms with van der Waals surface area (Å²) in [5.41, 5.74) is 1.98. The van der Waals surface area contributed by atoms with Gasteiger partial charge in [0.1, 0.15) is 0 Å². The van der Waals surface area contributed by atoms with E-state index < -0.39 is 6.10 Å². The van der Waals surface area contributed by atoms with E-state index in [9.17, 15) is 9.90 Å². The van der Waals surface area contributed by atoms with Crippen LogP contribution in [0.4, 0.5) is 10.5 Å². The lowest BCUT2D eigenvalue weighted by atomic mass is 9.89. The van der Waals surface area contributed by atoms with Crippen LogP contribution in [0, 0.1) is 5.41 Å². The molecule has 0 saturated carbocycles. The molecule has 1 unspecified atom stereocenters. The molecule has 1 atom stereocenters. The Labute approximate surface area is 138 Å². The topological polar surface area (TPSA) is 64.6 Å². The molecule has 1 aliphatic rings. The molecule has 0 aliphatic carbocycles. The summed E-state index contributed by atoms with van der Waals surface area (Å²) in [6, 6.07) is 7.91. The van der Waals surface area contributed by atoms with Crippen molar-refractivity contribution in [2.75, 3.05) is 24.5 Å². The summed E-state index contributed by atoms with van der Waals surface area (Å²) in [7, 11) is 0. The van der Waals surface area contributed by atoms with E-state index in [1.54, 1.807) is 0 Å². The Hall–Kier alpha value is -2.01. The Bertz CT molecular complexity index is 556. The number of rotatable bonds is 5. The first-order valence-corrected chi connectivity index (χ1v) is 8.05. The number of nitrogens with zero attached hydrogens (tertiary/aromatic N) is 1. The Morgan fingerprint density at radius 1 is 1.26 bits per heavy atom. The van der Waals surface area contributed by atoms with Crippen LogP contribution < -0.4 is 15.5 Å². The Morgan fingerprint density at radius 2 is 1.96 bits per heavy atom. The molecule has 3 N–H and O–H groups in total. The predicted octanol–water partition coefficient (Wildman–Crippen LogP) is 2.27. The number of amides is 2. The van der Waals surface area contributed by atoms with Crippen LogP contribution in [-0.2, 0) is 6.54 Å². The molecule has 1 heterocycles. The quantitative estimate of drug-likeness (QED) is 0.730. The molecule has 1 aliphatic heterocycles. The summed E-state index contributed by atoms with van der Waals surface area (Å²) in [6.07, 6.45) is 3.73. The van der Waals surface area contributed by atoms with Gasteiger partial charge in [0, 0.05) is 31.9 Å². The minimum atomic E-state index is -0.570. The number of hydrogen-bond acceptors (Lipinski definition) is 3. The Morgan fingerprint density at radius 3 is 2.61 bits per heavy atom. The molecule has 0 saturated heterocycles. The second-order valence-corrected chi connectivity index (χ2v) is 6.99. The van der Waals surface area contributed by atoms with E-state index in [-0.39, 0.29) is 18.0 Å². The summed E-state index contributed by atoms with van der Waals surface area (Å²) < 4.78 is 0. The van der Waals surface area contributed by atoms with E-state index in [0.717, 1.165) is 24.3 Å². The van der Waals surface area contributed by atoms with Gasteiger partial charge in [-0.25, -0.2) is 4.79 Å². The standard InChI is InChI=1S/C18H27N3O2/c1-18(2,3)16(22)13-20-17(23)19-12-14-7-6-8-15(11-14)21-9-4-5-10-21/h4-8,11,16,22H,9-10,12-13H2,1-3H3,(H2,19,20,23). The number of aliphatic hydroxyl groups excluding tert-OH is 1. The highest BCUT2D eigenvalue weighted by molar-refractivity contribution is 5.73. The van der Waals surface area contributed by atoms with E-state index in [0.29, 0.717) is 6.54 Å². The highest BCUT2D eigenvalue weighted by Crippen LogP contribution is 2.19. The summed E-state index contributed by atoms with van der Waals surface area (Å²) in [6.45, 7) is 8.40. The van der Waals surface area contributed by atoms with Gasteiger partial charge in [0.15, 0.2) is 0 Å². The van der Waals surface area contributed by atoms with E-state index in [1.807, 2.05) is 32.9 Å². The number of carbonyl (C=O) groups is 1. The molecule has 5 nitrogen and oxygen atoms in total. The van der Waals surface area contributed by atoms with Crippen LogP contribution in [0.2, 0.25) is 0 Å². The van der Waals surface area contributed by atoms with Crippen molar-refractivity contribution in [1.82, 2.24) is 10.6 Å². The van der Waals surface area contributed by atoms with Crippen molar-refractivity contribution in [3.05, 3.63) is 42.0 Å². The largest absolute Gasteiger partial charge is 0.391 e. The van der Waals surface area contributed by atoms with Gasteiger partial charge in [0.05, 0.1) is 6.10 Å². The van der Waals surface area contributed by atoms with Gasteiger partial charge in [0.2, 0.25) is 0 Å². The second-order valence-electron chi connectivity index (χ2n) is 6.99. The van der Waals surface area contributed by atoms with Crippen LogP contribution >= 0.6 is 0 Å². The van der Waals surface area contributed by atoms with Crippen LogP contribution in [0.5, 0.6) is 0 Å². The summed E-state index contributed by atoms with van der Waals surface area (Å²) in [5.74, 6) is 0. The molecule has 2 rings (SSSR count). The van der Waals surface area contributed by atoms with Crippen LogP contribution in [0.15, 0.2) is 36.4 Å². The summed E-state index contributed by atoms with van der Waals surface area (Å²) in [4.78, 5) is 14.1. The van der Waals surface area contributed by atoms with Crippen LogP contribution in [0.1, 0.15) is 26.3 Å². The minimum Gasteiger partial charge on any atom is -0.391 e. The van der Waals surface area contributed by atoms with E-state index in [4.69, 9.17) is 0 Å². The number of hydrogen-bond donors (Lipinski definition) is 3. The lowest BCUT2D eigenvalue weighted by Crippen LogP contribution is -2.43. The highest BCUT2D eigenvalue weighted by atomic mass is 16.3. The first-order valence-electron chi connectivity index (χ1n) is 8.05. The maximum Gasteiger partial charge on any atom is 0.315 e. The summed E-state index contributed by atoms with van der Waals surface area (Å²) >= 11 is 0. The third kappa shape index (κ3) is 5.28. The van der Waals surface area contributed by atoms with Gasteiger partial charge in [-0.3, -0.25) is 0 Å². The van der Waals surface area contributed by atoms with Crippen molar-refractivity contribution in [3.8, 4) is 0 Å². The molecule has 5 heteroatoms. The third-order valence-corrected chi connectivity index (χ3v) is 4.00. The third-order valence-electron chi connectivity index (χ3n) is 4.00. The van der Waals surface area contributed by atoms with Gasteiger partial charge in [-0.05, 0) is 23.1 Å². The lowest BCUT2D eigenvalue weighted by Gasteiger charge is -2.25. The SMILES string of the molecule is CC(C)(C)C(O)CNC(=O)NCc1cccc(N2CC=CC2)c1. The highest BCUT2D eigenvalue weighted by Gasteiger charge is 2.22. The molecule has 2 amide bonds. The van der Waals surface area contributed by atoms with Crippen molar-refractivity contribution in [2.45, 2.75) is 33.4 Å². The maximum atomic E-state index is 11.8. The zero-order valence-corrected chi connectivity index (χ0v) is 14.2. The van der Waals surface area contributed by atoms with Gasteiger partial charge in [-0.15, -0.1) is 0 Å². The number of carbonyl (C=O) groups excluding carboxylic acids is 1. The molecule has 1 aromatic carbocycles. The lowest BCUT2D eigenvalue weighted by molar-refractivity contribution is 0.0650. The summed E-state index contributed by atoms with van der Waals surface area (Å²) in [5, 5.41) is 15.5. The fourth-order valence-electron chi connectivity index (χ4n) is 2.29. The number of aliphatic hydroxyl groups is 1. The maximum absolute atomic E-state index is 11.8. The molecule has 0 aromatic heterocycles. The van der Waals surface area contributed by atoms with Crippen LogP contribution in [0.25, 0.3) is 0 Å². The van der Waals surface area contributed by atoms with E-state index in [2.05, 4.69) is 39.8 Å². The van der Waals surface area contributed by atoms with Gasteiger partial charge in [0.25, 0.3) is 0 Å². The number of anilines is 1. The number of urea groups is 1. The fourth-order valence-corrected chi connectivity index (χ4v) is 2.29. The molecule has 0 bridgehead atoms. The van der Waals surface area contributed by atoms with Gasteiger partial charge < -0.3 is 20.6 Å². The Kier molecular flexibility index (Phi) is 5.66. The van der Waals surface area contributed by atoms with Crippen molar-refractivity contribution in [1.29, 1.82) is 0 Å². The first kappa shape index (κ1) is 17.3. The molecular weight excluding hydrogens is 290 g/mol. The van der Waals surface area contributed by atoms with E-state index >= 15 is 0 Å². The van der Waals surface area contributed by atoms with Gasteiger partial charge >= 0.3 is 6.03 Å². The number of nitrogens with one attached hydrogen (secondary N) is 2. The molecular formula is C18H27N3O2. The second kappa shape index (κ2) is 7.51. The van der Waals surface area contributed by atoms with Crippen LogP contribution in [-0.4, -0.2) is 36.9 Å². The van der Waals surface area contributed by atoms with Crippen molar-refractivity contribution < 1.29 is 9.90 Å². The molecule has 126 valence electrons. The average molecular weight is 317 g/mol.